The third-order valence-electron chi connectivity index (χ3n) is 2.61. The summed E-state index contributed by atoms with van der Waals surface area (Å²) in [5.74, 6) is -0.338. The van der Waals surface area contributed by atoms with Crippen molar-refractivity contribution in [3.8, 4) is 11.3 Å². The number of aromatic nitrogens is 2. The summed E-state index contributed by atoms with van der Waals surface area (Å²) in [5, 5.41) is 4.36. The summed E-state index contributed by atoms with van der Waals surface area (Å²) in [6.45, 7) is 3.96. The van der Waals surface area contributed by atoms with Crippen molar-refractivity contribution in [1.82, 2.24) is 9.78 Å². The first-order valence-corrected chi connectivity index (χ1v) is 6.32. The molecule has 3 nitrogen and oxygen atoms in total. The zero-order valence-corrected chi connectivity index (χ0v) is 11.6. The minimum Gasteiger partial charge on any atom is -0.298 e. The zero-order chi connectivity index (χ0) is 13.3. The van der Waals surface area contributed by atoms with Gasteiger partial charge in [-0.05, 0) is 48.0 Å². The van der Waals surface area contributed by atoms with Gasteiger partial charge in [-0.25, -0.2) is 4.39 Å². The molecule has 0 unspecified atom stereocenters. The number of benzene rings is 1. The number of carbonyl (C=O) groups is 1. The molecule has 5 heteroatoms. The smallest absolute Gasteiger partial charge is 0.153 e. The van der Waals surface area contributed by atoms with Gasteiger partial charge in [0.1, 0.15) is 11.5 Å². The molecule has 18 heavy (non-hydrogen) atoms. The van der Waals surface area contributed by atoms with Crippen LogP contribution in [0.1, 0.15) is 30.2 Å². The number of aldehydes is 1. The number of nitrogens with zero attached hydrogens (tertiary/aromatic N) is 2. The lowest BCUT2D eigenvalue weighted by molar-refractivity contribution is 0.112. The largest absolute Gasteiger partial charge is 0.298 e. The van der Waals surface area contributed by atoms with Crippen LogP contribution in [0, 0.1) is 5.82 Å². The minimum absolute atomic E-state index is 0.168. The van der Waals surface area contributed by atoms with Gasteiger partial charge in [0.25, 0.3) is 0 Å². The van der Waals surface area contributed by atoms with Crippen molar-refractivity contribution in [1.29, 1.82) is 0 Å². The van der Waals surface area contributed by atoms with Crippen molar-refractivity contribution < 1.29 is 9.18 Å². The van der Waals surface area contributed by atoms with Gasteiger partial charge < -0.3 is 0 Å². The summed E-state index contributed by atoms with van der Waals surface area (Å²) < 4.78 is 15.3. The van der Waals surface area contributed by atoms with Crippen LogP contribution in [0.5, 0.6) is 0 Å². The molecule has 0 aliphatic carbocycles. The Kier molecular flexibility index (Phi) is 3.61. The Labute approximate surface area is 113 Å². The molecule has 0 N–H and O–H groups in total. The quantitative estimate of drug-likeness (QED) is 0.807. The Morgan fingerprint density at radius 1 is 1.44 bits per heavy atom. The van der Waals surface area contributed by atoms with E-state index >= 15 is 0 Å². The number of carbonyl (C=O) groups excluding carboxylic acids is 1. The summed E-state index contributed by atoms with van der Waals surface area (Å²) in [7, 11) is 0. The molecule has 0 bridgehead atoms. The predicted molar refractivity (Wildman–Crippen MR) is 71.1 cm³/mol. The SMILES string of the molecule is CC(C)n1cc(C=O)c(-c2ccc(F)c(Br)c2)n1. The number of rotatable bonds is 3. The van der Waals surface area contributed by atoms with Crippen molar-refractivity contribution in [2.75, 3.05) is 0 Å². The van der Waals surface area contributed by atoms with Crippen molar-refractivity contribution in [2.45, 2.75) is 19.9 Å². The highest BCUT2D eigenvalue weighted by molar-refractivity contribution is 9.10. The Balaban J connectivity index is 2.55. The van der Waals surface area contributed by atoms with E-state index in [4.69, 9.17) is 0 Å². The normalized spacial score (nSPS) is 10.9. The van der Waals surface area contributed by atoms with Gasteiger partial charge in [-0.3, -0.25) is 9.48 Å². The summed E-state index contributed by atoms with van der Waals surface area (Å²) in [5.41, 5.74) is 1.78. The van der Waals surface area contributed by atoms with Gasteiger partial charge >= 0.3 is 0 Å². The third kappa shape index (κ3) is 2.36. The monoisotopic (exact) mass is 310 g/mol. The molecular weight excluding hydrogens is 299 g/mol. The van der Waals surface area contributed by atoms with Crippen LogP contribution in [0.3, 0.4) is 0 Å². The van der Waals surface area contributed by atoms with Gasteiger partial charge in [-0.1, -0.05) is 0 Å². The van der Waals surface area contributed by atoms with E-state index in [1.165, 1.54) is 6.07 Å². The minimum atomic E-state index is -0.338. The van der Waals surface area contributed by atoms with Crippen LogP contribution < -0.4 is 0 Å². The van der Waals surface area contributed by atoms with Crippen LogP contribution in [0.4, 0.5) is 4.39 Å². The fourth-order valence-corrected chi connectivity index (χ4v) is 2.00. The van der Waals surface area contributed by atoms with E-state index in [0.717, 1.165) is 6.29 Å². The molecule has 0 spiro atoms. The third-order valence-corrected chi connectivity index (χ3v) is 3.22. The van der Waals surface area contributed by atoms with E-state index in [1.54, 1.807) is 23.0 Å². The van der Waals surface area contributed by atoms with Gasteiger partial charge in [-0.2, -0.15) is 5.10 Å². The molecule has 0 aliphatic heterocycles. The summed E-state index contributed by atoms with van der Waals surface area (Å²) in [4.78, 5) is 11.0. The molecular formula is C13H12BrFN2O. The molecule has 2 rings (SSSR count). The van der Waals surface area contributed by atoms with E-state index in [9.17, 15) is 9.18 Å². The second-order valence-corrected chi connectivity index (χ2v) is 5.11. The van der Waals surface area contributed by atoms with Crippen LogP contribution >= 0.6 is 15.9 Å². The molecule has 2 aromatic rings. The van der Waals surface area contributed by atoms with Crippen molar-refractivity contribution in [3.05, 3.63) is 40.2 Å². The average molecular weight is 311 g/mol. The summed E-state index contributed by atoms with van der Waals surface area (Å²) in [6, 6.07) is 4.75. The Morgan fingerprint density at radius 3 is 2.72 bits per heavy atom. The van der Waals surface area contributed by atoms with E-state index in [-0.39, 0.29) is 11.9 Å². The molecule has 0 amide bonds. The van der Waals surface area contributed by atoms with Crippen LogP contribution in [0.25, 0.3) is 11.3 Å². The van der Waals surface area contributed by atoms with Crippen LogP contribution in [0.2, 0.25) is 0 Å². The molecule has 0 aliphatic rings. The van der Waals surface area contributed by atoms with Crippen molar-refractivity contribution >= 4 is 22.2 Å². The van der Waals surface area contributed by atoms with Crippen LogP contribution in [-0.4, -0.2) is 16.1 Å². The van der Waals surface area contributed by atoms with Crippen molar-refractivity contribution in [2.24, 2.45) is 0 Å². The number of hydrogen-bond acceptors (Lipinski definition) is 2. The summed E-state index contributed by atoms with van der Waals surface area (Å²) >= 11 is 3.13. The van der Waals surface area contributed by atoms with Gasteiger partial charge in [0, 0.05) is 17.8 Å². The molecule has 0 saturated heterocycles. The van der Waals surface area contributed by atoms with Crippen LogP contribution in [-0.2, 0) is 0 Å². The van der Waals surface area contributed by atoms with Crippen LogP contribution in [0.15, 0.2) is 28.9 Å². The fourth-order valence-electron chi connectivity index (χ4n) is 1.62. The molecule has 0 atom stereocenters. The van der Waals surface area contributed by atoms with E-state index in [0.29, 0.717) is 21.3 Å². The highest BCUT2D eigenvalue weighted by Gasteiger charge is 2.13. The first-order chi connectivity index (χ1) is 8.52. The zero-order valence-electron chi connectivity index (χ0n) is 10.0. The van der Waals surface area contributed by atoms with Gasteiger partial charge in [0.05, 0.1) is 10.0 Å². The Hall–Kier alpha value is -1.49. The summed E-state index contributed by atoms with van der Waals surface area (Å²) in [6.07, 6.45) is 2.46. The molecule has 1 aromatic heterocycles. The fraction of sp³-hybridized carbons (Fsp3) is 0.231. The highest BCUT2D eigenvalue weighted by Crippen LogP contribution is 2.26. The topological polar surface area (TPSA) is 34.9 Å². The second-order valence-electron chi connectivity index (χ2n) is 4.25. The lowest BCUT2D eigenvalue weighted by Gasteiger charge is -2.04. The molecule has 94 valence electrons. The second kappa shape index (κ2) is 5.02. The molecule has 0 radical (unpaired) electrons. The van der Waals surface area contributed by atoms with Crippen molar-refractivity contribution in [3.63, 3.8) is 0 Å². The van der Waals surface area contributed by atoms with Gasteiger partial charge in [0.15, 0.2) is 6.29 Å². The maximum absolute atomic E-state index is 13.2. The number of hydrogen-bond donors (Lipinski definition) is 0. The lowest BCUT2D eigenvalue weighted by atomic mass is 10.1. The molecule has 1 heterocycles. The first-order valence-electron chi connectivity index (χ1n) is 5.52. The average Bonchev–Trinajstić information content (AvgIpc) is 2.77. The predicted octanol–water partition coefficient (Wildman–Crippen LogP) is 3.85. The Morgan fingerprint density at radius 2 is 2.17 bits per heavy atom. The molecule has 1 aromatic carbocycles. The highest BCUT2D eigenvalue weighted by atomic mass is 79.9. The van der Waals surface area contributed by atoms with Gasteiger partial charge in [-0.15, -0.1) is 0 Å². The van der Waals surface area contributed by atoms with Gasteiger partial charge in [0.2, 0.25) is 0 Å². The number of halogens is 2. The Bertz CT molecular complexity index is 593. The standard InChI is InChI=1S/C13H12BrFN2O/c1-8(2)17-6-10(7-18)13(16-17)9-3-4-12(15)11(14)5-9/h3-8H,1-2H3. The molecule has 0 saturated carbocycles. The molecule has 0 fully saturated rings. The first kappa shape index (κ1) is 13.0. The van der Waals surface area contributed by atoms with E-state index < -0.39 is 0 Å². The van der Waals surface area contributed by atoms with E-state index in [1.807, 2.05) is 13.8 Å². The maximum Gasteiger partial charge on any atom is 0.153 e. The maximum atomic E-state index is 13.2. The lowest BCUT2D eigenvalue weighted by Crippen LogP contribution is -2.00. The van der Waals surface area contributed by atoms with E-state index in [2.05, 4.69) is 21.0 Å².